The van der Waals surface area contributed by atoms with Crippen LogP contribution in [0.15, 0.2) is 52.2 Å². The number of ketones is 1. The Hall–Kier alpha value is -3.64. The minimum absolute atomic E-state index is 0.0986. The summed E-state index contributed by atoms with van der Waals surface area (Å²) in [6.45, 7) is 7.15. The van der Waals surface area contributed by atoms with Crippen LogP contribution in [0, 0.1) is 12.8 Å². The first kappa shape index (κ1) is 34.2. The molecule has 3 aromatic heterocycles. The van der Waals surface area contributed by atoms with Crippen molar-refractivity contribution in [2.24, 2.45) is 5.92 Å². The van der Waals surface area contributed by atoms with Crippen LogP contribution in [0.2, 0.25) is 0 Å². The summed E-state index contributed by atoms with van der Waals surface area (Å²) in [7, 11) is -4.02. The molecule has 1 unspecified atom stereocenters. The molecule has 0 aromatic carbocycles. The molecule has 1 aliphatic carbocycles. The lowest BCUT2D eigenvalue weighted by molar-refractivity contribution is -0.129. The number of carbonyl (C=O) groups excluding carboxylic acids is 3. The maximum atomic E-state index is 13.8. The maximum absolute atomic E-state index is 13.8. The van der Waals surface area contributed by atoms with Gasteiger partial charge in [0.25, 0.3) is 15.9 Å². The monoisotopic (exact) mass is 639 g/mol. The quantitative estimate of drug-likeness (QED) is 0.352. The lowest BCUT2D eigenvalue weighted by atomic mass is 9.84. The normalized spacial score (nSPS) is 20.8. The zero-order chi connectivity index (χ0) is 32.6. The van der Waals surface area contributed by atoms with E-state index < -0.39 is 45.7 Å². The lowest BCUT2D eigenvalue weighted by Gasteiger charge is -2.32. The summed E-state index contributed by atoms with van der Waals surface area (Å²) in [6, 6.07) is 5.89. The lowest BCUT2D eigenvalue weighted by Crippen LogP contribution is -2.55. The predicted octanol–water partition coefficient (Wildman–Crippen LogP) is 4.94. The molecule has 3 atom stereocenters. The highest BCUT2D eigenvalue weighted by Crippen LogP contribution is 2.29. The van der Waals surface area contributed by atoms with Crippen molar-refractivity contribution in [1.29, 1.82) is 0 Å². The average Bonchev–Trinajstić information content (AvgIpc) is 3.40. The number of Topliss-reactive ketones (excluding diaryl/α,β-unsaturated/α-hetero) is 1. The number of carbonyl (C=O) groups is 3. The molecule has 0 spiro atoms. The van der Waals surface area contributed by atoms with E-state index in [0.717, 1.165) is 32.1 Å². The fourth-order valence-electron chi connectivity index (χ4n) is 6.19. The van der Waals surface area contributed by atoms with Crippen LogP contribution >= 0.6 is 0 Å². The van der Waals surface area contributed by atoms with Crippen LogP contribution < -0.4 is 10.6 Å². The van der Waals surface area contributed by atoms with Gasteiger partial charge in [-0.25, -0.2) is 13.4 Å². The first-order valence-corrected chi connectivity index (χ1v) is 17.5. The minimum Gasteiger partial charge on any atom is -0.449 e. The molecule has 2 amide bonds. The number of aryl methyl sites for hydroxylation is 1. The van der Waals surface area contributed by atoms with Gasteiger partial charge in [0, 0.05) is 24.0 Å². The Morgan fingerprint density at radius 1 is 1.00 bits per heavy atom. The molecule has 5 rings (SSSR count). The van der Waals surface area contributed by atoms with Crippen molar-refractivity contribution in [3.63, 3.8) is 0 Å². The third kappa shape index (κ3) is 8.15. The topological polar surface area (TPSA) is 152 Å². The van der Waals surface area contributed by atoms with E-state index in [1.54, 1.807) is 44.3 Å². The molecule has 11 nitrogen and oxygen atoms in total. The summed E-state index contributed by atoms with van der Waals surface area (Å²) in [5, 5.41) is 5.62. The molecule has 3 aromatic rings. The van der Waals surface area contributed by atoms with Crippen molar-refractivity contribution in [1.82, 2.24) is 24.9 Å². The van der Waals surface area contributed by atoms with Gasteiger partial charge in [-0.2, -0.15) is 4.31 Å². The van der Waals surface area contributed by atoms with Gasteiger partial charge >= 0.3 is 0 Å². The molecule has 4 heterocycles. The summed E-state index contributed by atoms with van der Waals surface area (Å²) in [5.41, 5.74) is 1.65. The number of rotatable bonds is 8. The molecule has 2 N–H and O–H groups in total. The molecule has 45 heavy (non-hydrogen) atoms. The van der Waals surface area contributed by atoms with Gasteiger partial charge < -0.3 is 15.1 Å². The third-order valence-corrected chi connectivity index (χ3v) is 10.5. The molecule has 1 aliphatic heterocycles. The summed E-state index contributed by atoms with van der Waals surface area (Å²) in [6.07, 6.45) is 10.1. The van der Waals surface area contributed by atoms with Crippen molar-refractivity contribution < 1.29 is 27.2 Å². The molecule has 244 valence electrons. The van der Waals surface area contributed by atoms with Gasteiger partial charge in [0.1, 0.15) is 11.6 Å². The molecule has 0 radical (unpaired) electrons. The Morgan fingerprint density at radius 3 is 2.42 bits per heavy atom. The number of pyridine rings is 2. The van der Waals surface area contributed by atoms with Gasteiger partial charge in [-0.15, -0.1) is 0 Å². The van der Waals surface area contributed by atoms with Crippen molar-refractivity contribution in [3.05, 3.63) is 54.0 Å². The number of furan rings is 1. The Balaban J connectivity index is 0.00000226. The number of hydrogen-bond acceptors (Lipinski definition) is 8. The molecular formula is C33H45N5O6S. The molecule has 2 aliphatic rings. The van der Waals surface area contributed by atoms with Crippen molar-refractivity contribution in [2.75, 3.05) is 6.54 Å². The Kier molecular flexibility index (Phi) is 11.8. The Bertz CT molecular complexity index is 1570. The highest BCUT2D eigenvalue weighted by Gasteiger charge is 2.37. The van der Waals surface area contributed by atoms with Crippen LogP contribution in [0.5, 0.6) is 0 Å². The summed E-state index contributed by atoms with van der Waals surface area (Å²) in [5.74, 6) is -1.02. The molecular weight excluding hydrogens is 594 g/mol. The summed E-state index contributed by atoms with van der Waals surface area (Å²) >= 11 is 0. The SMILES string of the molecule is CC.Cc1c(C(=O)N[C@@H](CC2CCCCC2)C(=O)N[C@H]2CCCC(C)N(S(=O)(=O)c3ccccn3)CC2=O)oc2cccnc12. The van der Waals surface area contributed by atoms with Crippen LogP contribution in [0.4, 0.5) is 0 Å². The fraction of sp³-hybridized carbons (Fsp3) is 0.545. The van der Waals surface area contributed by atoms with Crippen molar-refractivity contribution >= 4 is 38.7 Å². The first-order chi connectivity index (χ1) is 21.6. The van der Waals surface area contributed by atoms with Crippen LogP contribution in [0.1, 0.15) is 94.7 Å². The number of fused-ring (bicyclic) bond motifs is 1. The zero-order valence-electron chi connectivity index (χ0n) is 26.6. The highest BCUT2D eigenvalue weighted by atomic mass is 32.2. The summed E-state index contributed by atoms with van der Waals surface area (Å²) in [4.78, 5) is 49.0. The van der Waals surface area contributed by atoms with Crippen molar-refractivity contribution in [2.45, 2.75) is 109 Å². The number of nitrogens with zero attached hydrogens (tertiary/aromatic N) is 3. The van der Waals surface area contributed by atoms with E-state index in [4.69, 9.17) is 4.42 Å². The van der Waals surface area contributed by atoms with Gasteiger partial charge in [-0.1, -0.05) is 52.0 Å². The Morgan fingerprint density at radius 2 is 1.73 bits per heavy atom. The predicted molar refractivity (Wildman–Crippen MR) is 171 cm³/mol. The average molecular weight is 640 g/mol. The van der Waals surface area contributed by atoms with Crippen LogP contribution in [-0.2, 0) is 19.6 Å². The maximum Gasteiger partial charge on any atom is 0.288 e. The van der Waals surface area contributed by atoms with Gasteiger partial charge in [0.15, 0.2) is 22.2 Å². The highest BCUT2D eigenvalue weighted by molar-refractivity contribution is 7.89. The second kappa shape index (κ2) is 15.6. The number of nitrogens with one attached hydrogen (secondary N) is 2. The second-order valence-electron chi connectivity index (χ2n) is 11.7. The zero-order valence-corrected chi connectivity index (χ0v) is 27.4. The molecule has 0 bridgehead atoms. The molecule has 2 fully saturated rings. The third-order valence-electron chi connectivity index (χ3n) is 8.63. The van der Waals surface area contributed by atoms with Gasteiger partial charge in [-0.05, 0) is 69.7 Å². The standard InChI is InChI=1S/C31H39N5O6S.C2H6/c1-20-10-8-13-23(25(37)19-36(20)43(40,41)27-15-6-7-16-32-27)34-30(38)24(18-22-11-4-3-5-12-22)35-31(39)29-21(2)28-26(42-29)14-9-17-33-28;1-2/h6-7,9,14-17,20,22-24H,3-5,8,10-13,18-19H2,1-2H3,(H,34,38)(H,35,39);1-2H3/t20?,23-,24-;/m0./s1. The van der Waals surface area contributed by atoms with E-state index in [0.29, 0.717) is 42.3 Å². The number of amides is 2. The van der Waals surface area contributed by atoms with Crippen LogP contribution in [0.3, 0.4) is 0 Å². The molecule has 12 heteroatoms. The first-order valence-electron chi connectivity index (χ1n) is 16.1. The number of sulfonamides is 1. The summed E-state index contributed by atoms with van der Waals surface area (Å²) < 4.78 is 33.7. The van der Waals surface area contributed by atoms with Gasteiger partial charge in [0.2, 0.25) is 5.91 Å². The largest absolute Gasteiger partial charge is 0.449 e. The minimum atomic E-state index is -4.02. The van der Waals surface area contributed by atoms with Crippen LogP contribution in [-0.4, -0.2) is 65.0 Å². The number of hydrogen-bond donors (Lipinski definition) is 2. The smallest absolute Gasteiger partial charge is 0.288 e. The van der Waals surface area contributed by atoms with E-state index in [1.165, 1.54) is 16.6 Å². The van der Waals surface area contributed by atoms with Crippen LogP contribution in [0.25, 0.3) is 11.1 Å². The van der Waals surface area contributed by atoms with Crippen molar-refractivity contribution in [3.8, 4) is 0 Å². The number of aromatic nitrogens is 2. The van der Waals surface area contributed by atoms with E-state index in [1.807, 2.05) is 13.8 Å². The second-order valence-corrected chi connectivity index (χ2v) is 13.5. The van der Waals surface area contributed by atoms with E-state index >= 15 is 0 Å². The fourth-order valence-corrected chi connectivity index (χ4v) is 7.75. The van der Waals surface area contributed by atoms with Gasteiger partial charge in [-0.3, -0.25) is 19.4 Å². The van der Waals surface area contributed by atoms with E-state index in [-0.39, 0.29) is 23.2 Å². The van der Waals surface area contributed by atoms with Gasteiger partial charge in [0.05, 0.1) is 12.6 Å². The Labute approximate surface area is 265 Å². The van der Waals surface area contributed by atoms with E-state index in [9.17, 15) is 22.8 Å². The van der Waals surface area contributed by atoms with E-state index in [2.05, 4.69) is 20.6 Å². The molecule has 1 saturated heterocycles. The molecule has 1 saturated carbocycles.